The first-order valence-corrected chi connectivity index (χ1v) is 7.33. The Morgan fingerprint density at radius 3 is 2.89 bits per heavy atom. The summed E-state index contributed by atoms with van der Waals surface area (Å²) in [6.45, 7) is 6.47. The first kappa shape index (κ1) is 16.4. The Kier molecular flexibility index (Phi) is 8.02. The number of aliphatic hydroxyl groups excluding tert-OH is 1. The van der Waals surface area contributed by atoms with E-state index in [-0.39, 0.29) is 12.6 Å². The molecule has 19 heavy (non-hydrogen) atoms. The van der Waals surface area contributed by atoms with Gasteiger partial charge in [-0.3, -0.25) is 4.79 Å². The van der Waals surface area contributed by atoms with E-state index in [1.54, 1.807) is 0 Å². The van der Waals surface area contributed by atoms with Gasteiger partial charge in [0.1, 0.15) is 0 Å². The fraction of sp³-hybridized carbons (Fsp3) is 0.929. The van der Waals surface area contributed by atoms with E-state index in [0.29, 0.717) is 18.4 Å². The van der Waals surface area contributed by atoms with Crippen molar-refractivity contribution in [1.82, 2.24) is 10.2 Å². The van der Waals surface area contributed by atoms with Crippen LogP contribution in [0.15, 0.2) is 0 Å². The summed E-state index contributed by atoms with van der Waals surface area (Å²) in [5.74, 6) is 0.442. The highest BCUT2D eigenvalue weighted by Crippen LogP contribution is 2.21. The molecule has 0 aromatic carbocycles. The van der Waals surface area contributed by atoms with Crippen molar-refractivity contribution in [2.24, 2.45) is 5.92 Å². The van der Waals surface area contributed by atoms with Gasteiger partial charge in [0.05, 0.1) is 7.11 Å². The molecule has 1 aliphatic heterocycles. The molecular weight excluding hydrogens is 244 g/mol. The number of methoxy groups -OCH3 is 1. The fourth-order valence-electron chi connectivity index (χ4n) is 2.73. The maximum Gasteiger partial charge on any atom is 0.305 e. The van der Waals surface area contributed by atoms with Gasteiger partial charge in [-0.2, -0.15) is 0 Å². The van der Waals surface area contributed by atoms with Crippen LogP contribution in [0.5, 0.6) is 0 Å². The molecule has 1 aliphatic rings. The average Bonchev–Trinajstić information content (AvgIpc) is 2.44. The Morgan fingerprint density at radius 2 is 2.26 bits per heavy atom. The Hall–Kier alpha value is -0.650. The minimum absolute atomic E-state index is 0.113. The molecule has 2 atom stereocenters. The van der Waals surface area contributed by atoms with Gasteiger partial charge in [-0.05, 0) is 38.3 Å². The van der Waals surface area contributed by atoms with E-state index >= 15 is 0 Å². The van der Waals surface area contributed by atoms with Gasteiger partial charge in [0.25, 0.3) is 0 Å². The molecule has 0 aliphatic carbocycles. The number of ether oxygens (including phenoxy) is 1. The van der Waals surface area contributed by atoms with Crippen LogP contribution in [0.4, 0.5) is 0 Å². The summed E-state index contributed by atoms with van der Waals surface area (Å²) in [5, 5.41) is 12.3. The molecule has 5 nitrogen and oxygen atoms in total. The minimum atomic E-state index is -0.113. The van der Waals surface area contributed by atoms with Gasteiger partial charge in [0, 0.05) is 32.2 Å². The number of rotatable bonds is 8. The average molecular weight is 272 g/mol. The molecule has 1 heterocycles. The quantitative estimate of drug-likeness (QED) is 0.501. The Bertz CT molecular complexity index is 261. The number of hydrogen-bond acceptors (Lipinski definition) is 5. The van der Waals surface area contributed by atoms with Gasteiger partial charge >= 0.3 is 5.97 Å². The topological polar surface area (TPSA) is 61.8 Å². The molecule has 112 valence electrons. The highest BCUT2D eigenvalue weighted by Gasteiger charge is 2.26. The molecule has 0 spiro atoms. The SMILES string of the molecule is CCN1CC(CCC(=O)OC)CC(NCCCO)C1. The third kappa shape index (κ3) is 6.36. The monoisotopic (exact) mass is 272 g/mol. The molecule has 0 radical (unpaired) electrons. The number of likely N-dealkylation sites (N-methyl/N-ethyl adjacent to an activating group) is 1. The van der Waals surface area contributed by atoms with E-state index in [2.05, 4.69) is 17.1 Å². The number of nitrogens with zero attached hydrogens (tertiary/aromatic N) is 1. The van der Waals surface area contributed by atoms with Crippen LogP contribution in [-0.4, -0.2) is 61.9 Å². The van der Waals surface area contributed by atoms with E-state index in [4.69, 9.17) is 9.84 Å². The smallest absolute Gasteiger partial charge is 0.305 e. The summed E-state index contributed by atoms with van der Waals surface area (Å²) in [4.78, 5) is 13.7. The second-order valence-corrected chi connectivity index (χ2v) is 5.30. The molecule has 0 saturated carbocycles. The van der Waals surface area contributed by atoms with Crippen molar-refractivity contribution >= 4 is 5.97 Å². The summed E-state index contributed by atoms with van der Waals surface area (Å²) in [6.07, 6.45) is 3.33. The van der Waals surface area contributed by atoms with Gasteiger partial charge in [-0.15, -0.1) is 0 Å². The van der Waals surface area contributed by atoms with E-state index in [1.165, 1.54) is 7.11 Å². The second kappa shape index (κ2) is 9.28. The predicted octanol–water partition coefficient (Wildman–Crippen LogP) is 0.622. The maximum absolute atomic E-state index is 11.2. The molecule has 0 bridgehead atoms. The summed E-state index contributed by atoms with van der Waals surface area (Å²) < 4.78 is 4.70. The van der Waals surface area contributed by atoms with Crippen molar-refractivity contribution in [1.29, 1.82) is 0 Å². The van der Waals surface area contributed by atoms with Crippen molar-refractivity contribution in [3.63, 3.8) is 0 Å². The van der Waals surface area contributed by atoms with Crippen LogP contribution in [0.3, 0.4) is 0 Å². The molecule has 0 aromatic rings. The van der Waals surface area contributed by atoms with Gasteiger partial charge in [-0.25, -0.2) is 0 Å². The van der Waals surface area contributed by atoms with Crippen molar-refractivity contribution < 1.29 is 14.6 Å². The molecule has 2 N–H and O–H groups in total. The summed E-state index contributed by atoms with van der Waals surface area (Å²) in [6, 6.07) is 0.475. The van der Waals surface area contributed by atoms with E-state index in [1.807, 2.05) is 0 Å². The fourth-order valence-corrected chi connectivity index (χ4v) is 2.73. The lowest BCUT2D eigenvalue weighted by molar-refractivity contribution is -0.141. The highest BCUT2D eigenvalue weighted by atomic mass is 16.5. The normalized spacial score (nSPS) is 24.4. The van der Waals surface area contributed by atoms with Gasteiger partial charge < -0.3 is 20.1 Å². The number of esters is 1. The standard InChI is InChI=1S/C14H28N2O3/c1-3-16-10-12(5-6-14(18)19-2)9-13(11-16)15-7-4-8-17/h12-13,15,17H,3-11H2,1-2H3. The van der Waals surface area contributed by atoms with Crippen LogP contribution in [0.2, 0.25) is 0 Å². The molecule has 0 amide bonds. The number of nitrogens with one attached hydrogen (secondary N) is 1. The van der Waals surface area contributed by atoms with Gasteiger partial charge in [0.15, 0.2) is 0 Å². The largest absolute Gasteiger partial charge is 0.469 e. The van der Waals surface area contributed by atoms with Crippen LogP contribution >= 0.6 is 0 Å². The number of likely N-dealkylation sites (tertiary alicyclic amines) is 1. The lowest BCUT2D eigenvalue weighted by atomic mass is 9.90. The zero-order valence-corrected chi connectivity index (χ0v) is 12.2. The Balaban J connectivity index is 2.36. The maximum atomic E-state index is 11.2. The summed E-state index contributed by atoms with van der Waals surface area (Å²) in [5.41, 5.74) is 0. The van der Waals surface area contributed by atoms with Gasteiger partial charge in [-0.1, -0.05) is 6.92 Å². The van der Waals surface area contributed by atoms with E-state index in [9.17, 15) is 4.79 Å². The van der Waals surface area contributed by atoms with Crippen LogP contribution in [-0.2, 0) is 9.53 Å². The number of carbonyl (C=O) groups excluding carboxylic acids is 1. The van der Waals surface area contributed by atoms with Crippen LogP contribution in [0.25, 0.3) is 0 Å². The Morgan fingerprint density at radius 1 is 1.47 bits per heavy atom. The number of aliphatic hydroxyl groups is 1. The molecule has 0 aromatic heterocycles. The Labute approximate surface area is 116 Å². The van der Waals surface area contributed by atoms with Crippen LogP contribution in [0, 0.1) is 5.92 Å². The lowest BCUT2D eigenvalue weighted by Crippen LogP contribution is -2.49. The summed E-state index contributed by atoms with van der Waals surface area (Å²) >= 11 is 0. The lowest BCUT2D eigenvalue weighted by Gasteiger charge is -2.37. The van der Waals surface area contributed by atoms with Crippen LogP contribution < -0.4 is 5.32 Å². The second-order valence-electron chi connectivity index (χ2n) is 5.30. The zero-order valence-electron chi connectivity index (χ0n) is 12.2. The minimum Gasteiger partial charge on any atom is -0.469 e. The number of piperidine rings is 1. The first-order chi connectivity index (χ1) is 9.19. The van der Waals surface area contributed by atoms with E-state index < -0.39 is 0 Å². The van der Waals surface area contributed by atoms with E-state index in [0.717, 1.165) is 45.4 Å². The first-order valence-electron chi connectivity index (χ1n) is 7.33. The molecular formula is C14H28N2O3. The third-order valence-corrected chi connectivity index (χ3v) is 3.81. The molecule has 1 rings (SSSR count). The van der Waals surface area contributed by atoms with Crippen molar-refractivity contribution in [2.75, 3.05) is 39.9 Å². The molecule has 5 heteroatoms. The van der Waals surface area contributed by atoms with Gasteiger partial charge in [0.2, 0.25) is 0 Å². The van der Waals surface area contributed by atoms with Crippen molar-refractivity contribution in [3.8, 4) is 0 Å². The molecule has 2 unspecified atom stereocenters. The van der Waals surface area contributed by atoms with Crippen molar-refractivity contribution in [3.05, 3.63) is 0 Å². The van der Waals surface area contributed by atoms with Crippen LogP contribution in [0.1, 0.15) is 32.6 Å². The molecule has 1 saturated heterocycles. The summed E-state index contributed by atoms with van der Waals surface area (Å²) in [7, 11) is 1.45. The number of hydrogen-bond donors (Lipinski definition) is 2. The number of carbonyl (C=O) groups is 1. The molecule has 1 fully saturated rings. The zero-order chi connectivity index (χ0) is 14.1. The predicted molar refractivity (Wildman–Crippen MR) is 75.0 cm³/mol. The highest BCUT2D eigenvalue weighted by molar-refractivity contribution is 5.69. The van der Waals surface area contributed by atoms with Crippen molar-refractivity contribution in [2.45, 2.75) is 38.6 Å². The third-order valence-electron chi connectivity index (χ3n) is 3.81.